The second kappa shape index (κ2) is 16.3. The fourth-order valence-electron chi connectivity index (χ4n) is 1.83. The molecule has 22 heavy (non-hydrogen) atoms. The molecule has 0 aliphatic heterocycles. The first-order valence-electron chi connectivity index (χ1n) is 8.77. The van der Waals surface area contributed by atoms with E-state index in [9.17, 15) is 9.59 Å². The maximum Gasteiger partial charge on any atom is 0.308 e. The predicted molar refractivity (Wildman–Crippen MR) is 90.6 cm³/mol. The summed E-state index contributed by atoms with van der Waals surface area (Å²) in [6, 6.07) is 0. The molecule has 0 unspecified atom stereocenters. The summed E-state index contributed by atoms with van der Waals surface area (Å²) in [6.07, 6.45) is 6.41. The van der Waals surface area contributed by atoms with Crippen molar-refractivity contribution in [3.63, 3.8) is 0 Å². The van der Waals surface area contributed by atoms with Gasteiger partial charge in [0.2, 0.25) is 0 Å². The Morgan fingerprint density at radius 2 is 1.05 bits per heavy atom. The highest BCUT2D eigenvalue weighted by atomic mass is 16.5. The van der Waals surface area contributed by atoms with Gasteiger partial charge in [0.05, 0.1) is 25.0 Å². The van der Waals surface area contributed by atoms with Gasteiger partial charge in [0, 0.05) is 0 Å². The molecular weight excluding hydrogens is 280 g/mol. The lowest BCUT2D eigenvalue weighted by atomic mass is 10.1. The van der Waals surface area contributed by atoms with Crippen molar-refractivity contribution in [2.24, 2.45) is 11.8 Å². The van der Waals surface area contributed by atoms with E-state index in [-0.39, 0.29) is 23.8 Å². The molecular formula is C18H36O4. The van der Waals surface area contributed by atoms with Crippen LogP contribution in [0, 0.1) is 11.8 Å². The summed E-state index contributed by atoms with van der Waals surface area (Å²) in [5.41, 5.74) is 0. The molecule has 0 bridgehead atoms. The highest BCUT2D eigenvalue weighted by molar-refractivity contribution is 5.72. The van der Waals surface area contributed by atoms with Gasteiger partial charge < -0.3 is 9.47 Å². The molecule has 0 aromatic rings. The average molecular weight is 316 g/mol. The van der Waals surface area contributed by atoms with Gasteiger partial charge in [0.1, 0.15) is 0 Å². The minimum Gasteiger partial charge on any atom is -0.466 e. The molecule has 0 rings (SSSR count). The average Bonchev–Trinajstić information content (AvgIpc) is 2.51. The van der Waals surface area contributed by atoms with E-state index in [1.165, 1.54) is 0 Å². The topological polar surface area (TPSA) is 52.6 Å². The molecule has 0 fully saturated rings. The largest absolute Gasteiger partial charge is 0.466 e. The monoisotopic (exact) mass is 316 g/mol. The van der Waals surface area contributed by atoms with Gasteiger partial charge >= 0.3 is 11.9 Å². The number of hydrogen-bond acceptors (Lipinski definition) is 4. The first-order chi connectivity index (χ1) is 10.4. The standard InChI is InChI=1S/2C9H18O2/c2*1-4-6-7-8(3)9(10)11-5-2/h2*8H,4-7H2,1-3H3/t2*8-/m10/s1. The molecule has 132 valence electrons. The number of unbranched alkanes of at least 4 members (excludes halogenated alkanes) is 2. The third-order valence-electron chi connectivity index (χ3n) is 3.36. The Morgan fingerprint density at radius 1 is 0.727 bits per heavy atom. The van der Waals surface area contributed by atoms with Gasteiger partial charge in [-0.15, -0.1) is 0 Å². The van der Waals surface area contributed by atoms with Crippen LogP contribution in [0.3, 0.4) is 0 Å². The van der Waals surface area contributed by atoms with Crippen LogP contribution in [0.2, 0.25) is 0 Å². The summed E-state index contributed by atoms with van der Waals surface area (Å²) in [5, 5.41) is 0. The van der Waals surface area contributed by atoms with E-state index in [0.717, 1.165) is 38.5 Å². The Labute approximate surface area is 136 Å². The van der Waals surface area contributed by atoms with Gasteiger partial charge in [0.15, 0.2) is 0 Å². The number of esters is 2. The Morgan fingerprint density at radius 3 is 1.27 bits per heavy atom. The second-order valence-corrected chi connectivity index (χ2v) is 5.59. The van der Waals surface area contributed by atoms with Crippen molar-refractivity contribution >= 4 is 11.9 Å². The lowest BCUT2D eigenvalue weighted by molar-refractivity contribution is -0.148. The number of hydrogen-bond donors (Lipinski definition) is 0. The van der Waals surface area contributed by atoms with Crippen LogP contribution in [0.15, 0.2) is 0 Å². The third-order valence-corrected chi connectivity index (χ3v) is 3.36. The van der Waals surface area contributed by atoms with Crippen molar-refractivity contribution in [1.82, 2.24) is 0 Å². The van der Waals surface area contributed by atoms with Crippen molar-refractivity contribution in [3.05, 3.63) is 0 Å². The van der Waals surface area contributed by atoms with Gasteiger partial charge in [-0.25, -0.2) is 0 Å². The molecule has 0 saturated heterocycles. The highest BCUT2D eigenvalue weighted by Crippen LogP contribution is 2.09. The summed E-state index contributed by atoms with van der Waals surface area (Å²) >= 11 is 0. The summed E-state index contributed by atoms with van der Waals surface area (Å²) in [6.45, 7) is 12.8. The Kier molecular flexibility index (Phi) is 17.2. The molecule has 0 heterocycles. The first kappa shape index (κ1) is 23.2. The zero-order valence-electron chi connectivity index (χ0n) is 15.4. The SMILES string of the molecule is CCCC[C@@H](C)C(=O)OCC.CCCC[C@H](C)C(=O)OCC. The molecule has 0 amide bonds. The van der Waals surface area contributed by atoms with Crippen molar-refractivity contribution in [1.29, 1.82) is 0 Å². The molecule has 0 aromatic carbocycles. The summed E-state index contributed by atoms with van der Waals surface area (Å²) in [4.78, 5) is 22.1. The quantitative estimate of drug-likeness (QED) is 0.546. The van der Waals surface area contributed by atoms with E-state index >= 15 is 0 Å². The van der Waals surface area contributed by atoms with E-state index < -0.39 is 0 Å². The highest BCUT2D eigenvalue weighted by Gasteiger charge is 2.12. The van der Waals surface area contributed by atoms with Crippen LogP contribution >= 0.6 is 0 Å². The first-order valence-corrected chi connectivity index (χ1v) is 8.77. The van der Waals surface area contributed by atoms with Crippen LogP contribution in [-0.2, 0) is 19.1 Å². The van der Waals surface area contributed by atoms with Crippen molar-refractivity contribution in [2.75, 3.05) is 13.2 Å². The normalized spacial score (nSPS) is 12.6. The van der Waals surface area contributed by atoms with Crippen LogP contribution in [0.5, 0.6) is 0 Å². The van der Waals surface area contributed by atoms with Gasteiger partial charge in [-0.2, -0.15) is 0 Å². The van der Waals surface area contributed by atoms with Crippen LogP contribution in [-0.4, -0.2) is 25.2 Å². The maximum absolute atomic E-state index is 11.0. The molecule has 4 heteroatoms. The van der Waals surface area contributed by atoms with Crippen molar-refractivity contribution < 1.29 is 19.1 Å². The Bertz CT molecular complexity index is 248. The lowest BCUT2D eigenvalue weighted by Gasteiger charge is -2.08. The minimum atomic E-state index is -0.0547. The Hall–Kier alpha value is -1.06. The third kappa shape index (κ3) is 13.9. The van der Waals surface area contributed by atoms with E-state index in [0.29, 0.717) is 13.2 Å². The summed E-state index contributed by atoms with van der Waals surface area (Å²) in [7, 11) is 0. The number of ether oxygens (including phenoxy) is 2. The van der Waals surface area contributed by atoms with Crippen LogP contribution in [0.4, 0.5) is 0 Å². The van der Waals surface area contributed by atoms with Crippen molar-refractivity contribution in [3.8, 4) is 0 Å². The van der Waals surface area contributed by atoms with Crippen molar-refractivity contribution in [2.45, 2.75) is 80.1 Å². The second-order valence-electron chi connectivity index (χ2n) is 5.59. The predicted octanol–water partition coefficient (Wildman–Crippen LogP) is 4.75. The number of carbonyl (C=O) groups is 2. The number of rotatable bonds is 10. The molecule has 0 N–H and O–H groups in total. The molecule has 4 nitrogen and oxygen atoms in total. The van der Waals surface area contributed by atoms with Crippen LogP contribution in [0.1, 0.15) is 80.1 Å². The maximum atomic E-state index is 11.0. The zero-order chi connectivity index (χ0) is 17.4. The van der Waals surface area contributed by atoms with Crippen LogP contribution in [0.25, 0.3) is 0 Å². The zero-order valence-corrected chi connectivity index (χ0v) is 15.4. The molecule has 0 aliphatic rings. The van der Waals surface area contributed by atoms with Crippen LogP contribution < -0.4 is 0 Å². The van der Waals surface area contributed by atoms with Gasteiger partial charge in [-0.05, 0) is 26.7 Å². The fraction of sp³-hybridized carbons (Fsp3) is 0.889. The molecule has 0 aromatic heterocycles. The van der Waals surface area contributed by atoms with E-state index in [1.807, 2.05) is 27.7 Å². The summed E-state index contributed by atoms with van der Waals surface area (Å²) < 4.78 is 9.72. The number of carbonyl (C=O) groups excluding carboxylic acids is 2. The summed E-state index contributed by atoms with van der Waals surface area (Å²) in [5.74, 6) is 0.0479. The van der Waals surface area contributed by atoms with Gasteiger partial charge in [-0.3, -0.25) is 9.59 Å². The lowest BCUT2D eigenvalue weighted by Crippen LogP contribution is -2.14. The Balaban J connectivity index is 0. The molecule has 0 saturated carbocycles. The molecule has 0 spiro atoms. The molecule has 0 aliphatic carbocycles. The molecule has 2 atom stereocenters. The molecule has 0 radical (unpaired) electrons. The fourth-order valence-corrected chi connectivity index (χ4v) is 1.83. The smallest absolute Gasteiger partial charge is 0.308 e. The van der Waals surface area contributed by atoms with E-state index in [1.54, 1.807) is 0 Å². The van der Waals surface area contributed by atoms with E-state index in [2.05, 4.69) is 13.8 Å². The van der Waals surface area contributed by atoms with E-state index in [4.69, 9.17) is 9.47 Å². The van der Waals surface area contributed by atoms with Gasteiger partial charge in [-0.1, -0.05) is 53.4 Å². The minimum absolute atomic E-state index is 0.0547. The van der Waals surface area contributed by atoms with Gasteiger partial charge in [0.25, 0.3) is 0 Å².